The molecule has 1 aliphatic heterocycles. The van der Waals surface area contributed by atoms with Crippen LogP contribution >= 0.6 is 0 Å². The number of nitrogens with one attached hydrogen (secondary N) is 1. The Morgan fingerprint density at radius 3 is 1.50 bits per heavy atom. The molecule has 0 atom stereocenters. The molecule has 0 aliphatic carbocycles. The van der Waals surface area contributed by atoms with Gasteiger partial charge in [0.05, 0.1) is 12.4 Å². The Labute approximate surface area is 78.5 Å². The molecule has 12 heavy (non-hydrogen) atoms. The Morgan fingerprint density at radius 1 is 1.00 bits per heavy atom. The molecular formula is C10H26N2. The molecule has 76 valence electrons. The lowest BCUT2D eigenvalue weighted by molar-refractivity contribution is 0.958. The smallest absolute Gasteiger partial charge is 0.0933 e. The normalized spacial score (nSPS) is 11.4. The molecule has 1 N–H and O–H groups in total. The molecule has 0 unspecified atom stereocenters. The van der Waals surface area contributed by atoms with Crippen molar-refractivity contribution in [1.29, 1.82) is 0 Å². The highest BCUT2D eigenvalue weighted by molar-refractivity contribution is 5.80. The number of aliphatic imine (C=N–C) groups is 1. The van der Waals surface area contributed by atoms with Crippen LogP contribution in [0.5, 0.6) is 0 Å². The molecule has 0 aromatic heterocycles. The second-order valence-electron chi connectivity index (χ2n) is 1.39. The quantitative estimate of drug-likeness (QED) is 0.599. The van der Waals surface area contributed by atoms with E-state index in [4.69, 9.17) is 0 Å². The Kier molecular flexibility index (Phi) is 32.8. The van der Waals surface area contributed by atoms with Gasteiger partial charge in [-0.1, -0.05) is 41.5 Å². The van der Waals surface area contributed by atoms with Gasteiger partial charge in [-0.2, -0.15) is 0 Å². The molecule has 0 spiro atoms. The maximum Gasteiger partial charge on any atom is 0.0933 e. The van der Waals surface area contributed by atoms with Crippen LogP contribution in [0.1, 0.15) is 48.5 Å². The molecule has 1 aliphatic rings. The van der Waals surface area contributed by atoms with Gasteiger partial charge in [-0.15, -0.1) is 0 Å². The lowest BCUT2D eigenvalue weighted by Gasteiger charge is -1.85. The predicted molar refractivity (Wildman–Crippen MR) is 60.0 cm³/mol. The Hall–Kier alpha value is -0.530. The van der Waals surface area contributed by atoms with E-state index in [0.717, 1.165) is 18.9 Å². The van der Waals surface area contributed by atoms with Gasteiger partial charge in [-0.05, 0) is 6.92 Å². The molecule has 2 heteroatoms. The molecule has 0 saturated heterocycles. The van der Waals surface area contributed by atoms with E-state index in [-0.39, 0.29) is 0 Å². The van der Waals surface area contributed by atoms with E-state index in [1.54, 1.807) is 0 Å². The van der Waals surface area contributed by atoms with Crippen LogP contribution in [0, 0.1) is 0 Å². The summed E-state index contributed by atoms with van der Waals surface area (Å²) >= 11 is 0. The highest BCUT2D eigenvalue weighted by Crippen LogP contribution is 1.79. The standard InChI is InChI=1S/C4H8N2.3C2H6/c1-4-5-2-3-6-4;3*1-2/h2-3H2,1H3,(H,5,6);3*1-2H3. The van der Waals surface area contributed by atoms with Gasteiger partial charge < -0.3 is 5.32 Å². The van der Waals surface area contributed by atoms with Crippen LogP contribution in [-0.4, -0.2) is 18.9 Å². The molecule has 0 radical (unpaired) electrons. The lowest BCUT2D eigenvalue weighted by atomic mass is 10.7. The van der Waals surface area contributed by atoms with Gasteiger partial charge in [0.25, 0.3) is 0 Å². The second kappa shape index (κ2) is 22.4. The highest BCUT2D eigenvalue weighted by Gasteiger charge is 1.93. The van der Waals surface area contributed by atoms with Crippen molar-refractivity contribution in [2.75, 3.05) is 13.1 Å². The van der Waals surface area contributed by atoms with E-state index >= 15 is 0 Å². The third-order valence-electron chi connectivity index (χ3n) is 0.842. The van der Waals surface area contributed by atoms with Crippen molar-refractivity contribution in [3.8, 4) is 0 Å². The Balaban J connectivity index is -0.000000117. The van der Waals surface area contributed by atoms with E-state index in [2.05, 4.69) is 10.3 Å². The van der Waals surface area contributed by atoms with Gasteiger partial charge in [0.15, 0.2) is 0 Å². The summed E-state index contributed by atoms with van der Waals surface area (Å²) in [5.74, 6) is 1.08. The summed E-state index contributed by atoms with van der Waals surface area (Å²) in [5.41, 5.74) is 0. The van der Waals surface area contributed by atoms with Crippen LogP contribution in [-0.2, 0) is 0 Å². The fourth-order valence-electron chi connectivity index (χ4n) is 0.516. The van der Waals surface area contributed by atoms with Crippen LogP contribution in [0.4, 0.5) is 0 Å². The summed E-state index contributed by atoms with van der Waals surface area (Å²) in [6.07, 6.45) is 0. The number of amidine groups is 1. The molecule has 1 heterocycles. The second-order valence-corrected chi connectivity index (χ2v) is 1.39. The summed E-state index contributed by atoms with van der Waals surface area (Å²) in [5, 5.41) is 3.07. The van der Waals surface area contributed by atoms with Crippen LogP contribution in [0.25, 0.3) is 0 Å². The summed E-state index contributed by atoms with van der Waals surface area (Å²) < 4.78 is 0. The van der Waals surface area contributed by atoms with Crippen molar-refractivity contribution >= 4 is 5.84 Å². The lowest BCUT2D eigenvalue weighted by Crippen LogP contribution is -2.13. The van der Waals surface area contributed by atoms with Crippen LogP contribution in [0.3, 0.4) is 0 Å². The molecule has 0 bridgehead atoms. The summed E-state index contributed by atoms with van der Waals surface area (Å²) in [7, 11) is 0. The third kappa shape index (κ3) is 16.2. The van der Waals surface area contributed by atoms with Gasteiger partial charge in [-0.25, -0.2) is 0 Å². The zero-order valence-corrected chi connectivity index (χ0v) is 9.86. The largest absolute Gasteiger partial charge is 0.372 e. The molecule has 0 amide bonds. The van der Waals surface area contributed by atoms with Gasteiger partial charge in [-0.3, -0.25) is 4.99 Å². The van der Waals surface area contributed by atoms with Gasteiger partial charge >= 0.3 is 0 Å². The molecule has 2 nitrogen and oxygen atoms in total. The minimum atomic E-state index is 0.964. The van der Waals surface area contributed by atoms with Crippen LogP contribution in [0.15, 0.2) is 4.99 Å². The first-order chi connectivity index (χ1) is 5.89. The maximum absolute atomic E-state index is 4.04. The van der Waals surface area contributed by atoms with Crippen LogP contribution < -0.4 is 5.32 Å². The highest BCUT2D eigenvalue weighted by atomic mass is 15.0. The SMILES string of the molecule is CC.CC.CC.CC1=NCCN1. The van der Waals surface area contributed by atoms with Crippen molar-refractivity contribution in [2.45, 2.75) is 48.5 Å². The number of hydrogen-bond acceptors (Lipinski definition) is 2. The average molecular weight is 174 g/mol. The Morgan fingerprint density at radius 2 is 1.42 bits per heavy atom. The molecule has 0 saturated carbocycles. The van der Waals surface area contributed by atoms with Crippen LogP contribution in [0.2, 0.25) is 0 Å². The summed E-state index contributed by atoms with van der Waals surface area (Å²) in [6, 6.07) is 0. The number of hydrogen-bond donors (Lipinski definition) is 1. The predicted octanol–water partition coefficient (Wildman–Crippen LogP) is 3.09. The van der Waals surface area contributed by atoms with Crippen molar-refractivity contribution < 1.29 is 0 Å². The first kappa shape index (κ1) is 17.5. The third-order valence-corrected chi connectivity index (χ3v) is 0.842. The van der Waals surface area contributed by atoms with E-state index < -0.39 is 0 Å². The fraction of sp³-hybridized carbons (Fsp3) is 0.900. The van der Waals surface area contributed by atoms with Gasteiger partial charge in [0.2, 0.25) is 0 Å². The summed E-state index contributed by atoms with van der Waals surface area (Å²) in [4.78, 5) is 4.04. The molecule has 0 aromatic rings. The number of nitrogens with zero attached hydrogens (tertiary/aromatic N) is 1. The topological polar surface area (TPSA) is 24.4 Å². The zero-order valence-electron chi connectivity index (χ0n) is 9.86. The van der Waals surface area contributed by atoms with E-state index in [0.29, 0.717) is 0 Å². The summed E-state index contributed by atoms with van der Waals surface area (Å²) in [6.45, 7) is 16.0. The van der Waals surface area contributed by atoms with Crippen molar-refractivity contribution in [2.24, 2.45) is 4.99 Å². The minimum absolute atomic E-state index is 0.964. The van der Waals surface area contributed by atoms with E-state index in [9.17, 15) is 0 Å². The zero-order chi connectivity index (χ0) is 10.4. The van der Waals surface area contributed by atoms with E-state index in [1.165, 1.54) is 0 Å². The van der Waals surface area contributed by atoms with Crippen molar-refractivity contribution in [1.82, 2.24) is 5.32 Å². The Bertz CT molecular complexity index is 77.9. The molecule has 1 rings (SSSR count). The first-order valence-corrected chi connectivity index (χ1v) is 5.14. The van der Waals surface area contributed by atoms with E-state index in [1.807, 2.05) is 48.5 Å². The first-order valence-electron chi connectivity index (χ1n) is 5.14. The molecule has 0 fully saturated rings. The van der Waals surface area contributed by atoms with Gasteiger partial charge in [0.1, 0.15) is 0 Å². The molecular weight excluding hydrogens is 148 g/mol. The number of rotatable bonds is 0. The average Bonchev–Trinajstić information content (AvgIpc) is 2.66. The molecule has 0 aromatic carbocycles. The van der Waals surface area contributed by atoms with Crippen molar-refractivity contribution in [3.05, 3.63) is 0 Å². The maximum atomic E-state index is 4.04. The fourth-order valence-corrected chi connectivity index (χ4v) is 0.516. The monoisotopic (exact) mass is 174 g/mol. The van der Waals surface area contributed by atoms with Crippen molar-refractivity contribution in [3.63, 3.8) is 0 Å². The van der Waals surface area contributed by atoms with Gasteiger partial charge in [0, 0.05) is 6.54 Å². The minimum Gasteiger partial charge on any atom is -0.372 e.